The van der Waals surface area contributed by atoms with Crippen LogP contribution in [-0.2, 0) is 4.79 Å². The Labute approximate surface area is 189 Å². The van der Waals surface area contributed by atoms with Gasteiger partial charge in [-0.15, -0.1) is 10.2 Å². The van der Waals surface area contributed by atoms with Crippen molar-refractivity contribution in [1.82, 2.24) is 25.2 Å². The molecule has 2 aromatic heterocycles. The fraction of sp³-hybridized carbons (Fsp3) is 0.0870. The van der Waals surface area contributed by atoms with Crippen LogP contribution < -0.4 is 5.43 Å². The normalized spacial score (nSPS) is 11.0. The van der Waals surface area contributed by atoms with Gasteiger partial charge in [-0.25, -0.2) is 5.43 Å². The van der Waals surface area contributed by atoms with Gasteiger partial charge in [0.25, 0.3) is 5.91 Å². The minimum absolute atomic E-state index is 0.109. The number of pyridine rings is 1. The number of hydrogen-bond donors (Lipinski definition) is 2. The molecular weight excluding hydrogens is 424 g/mol. The number of carbonyl (C=O) groups excluding carboxylic acids is 1. The fourth-order valence-electron chi connectivity index (χ4n) is 2.92. The first kappa shape index (κ1) is 21.3. The SMILES string of the molecule is Cc1ccc(-n2c(SCC(=O)N/N=C\c3cccc(O)c3)nnc2-c2ccncc2)cc1. The van der Waals surface area contributed by atoms with E-state index in [1.54, 1.807) is 36.7 Å². The molecule has 0 aliphatic rings. The van der Waals surface area contributed by atoms with Crippen LogP contribution in [0.1, 0.15) is 11.1 Å². The van der Waals surface area contributed by atoms with E-state index in [9.17, 15) is 9.90 Å². The van der Waals surface area contributed by atoms with E-state index < -0.39 is 0 Å². The van der Waals surface area contributed by atoms with Crippen LogP contribution in [0, 0.1) is 6.92 Å². The molecule has 0 fully saturated rings. The molecule has 0 saturated carbocycles. The Morgan fingerprint density at radius 2 is 1.91 bits per heavy atom. The number of hydrazone groups is 1. The van der Waals surface area contributed by atoms with Crippen LogP contribution in [0.15, 0.2) is 83.3 Å². The number of nitrogens with zero attached hydrogens (tertiary/aromatic N) is 5. The number of nitrogens with one attached hydrogen (secondary N) is 1. The summed E-state index contributed by atoms with van der Waals surface area (Å²) < 4.78 is 1.92. The zero-order valence-corrected chi connectivity index (χ0v) is 18.0. The largest absolute Gasteiger partial charge is 0.508 e. The number of phenols is 1. The number of phenolic OH excluding ortho intramolecular Hbond substituents is 1. The van der Waals surface area contributed by atoms with E-state index in [4.69, 9.17) is 0 Å². The highest BCUT2D eigenvalue weighted by atomic mass is 32.2. The van der Waals surface area contributed by atoms with Crippen molar-refractivity contribution >= 4 is 23.9 Å². The third kappa shape index (κ3) is 5.19. The number of benzene rings is 2. The summed E-state index contributed by atoms with van der Waals surface area (Å²) >= 11 is 1.27. The van der Waals surface area contributed by atoms with Gasteiger partial charge in [0.15, 0.2) is 11.0 Å². The van der Waals surface area contributed by atoms with Gasteiger partial charge in [-0.05, 0) is 48.9 Å². The van der Waals surface area contributed by atoms with E-state index in [0.29, 0.717) is 16.5 Å². The molecule has 2 N–H and O–H groups in total. The molecule has 8 nitrogen and oxygen atoms in total. The highest BCUT2D eigenvalue weighted by Gasteiger charge is 2.17. The topological polar surface area (TPSA) is 105 Å². The molecule has 2 heterocycles. The van der Waals surface area contributed by atoms with Crippen molar-refractivity contribution in [2.24, 2.45) is 5.10 Å². The molecule has 32 heavy (non-hydrogen) atoms. The molecule has 4 aromatic rings. The second kappa shape index (κ2) is 9.88. The van der Waals surface area contributed by atoms with Crippen molar-refractivity contribution < 1.29 is 9.90 Å². The summed E-state index contributed by atoms with van der Waals surface area (Å²) in [6.07, 6.45) is 4.88. The molecule has 0 radical (unpaired) electrons. The van der Waals surface area contributed by atoms with Crippen LogP contribution in [0.5, 0.6) is 5.75 Å². The van der Waals surface area contributed by atoms with Crippen molar-refractivity contribution in [3.05, 3.63) is 84.2 Å². The third-order valence-electron chi connectivity index (χ3n) is 4.47. The van der Waals surface area contributed by atoms with Crippen LogP contribution in [0.25, 0.3) is 17.1 Å². The number of aryl methyl sites for hydroxylation is 1. The highest BCUT2D eigenvalue weighted by Crippen LogP contribution is 2.27. The summed E-state index contributed by atoms with van der Waals surface area (Å²) in [5, 5.41) is 22.7. The van der Waals surface area contributed by atoms with Crippen molar-refractivity contribution in [1.29, 1.82) is 0 Å². The second-order valence-corrected chi connectivity index (χ2v) is 7.83. The molecule has 2 aromatic carbocycles. The van der Waals surface area contributed by atoms with Crippen LogP contribution >= 0.6 is 11.8 Å². The lowest BCUT2D eigenvalue weighted by atomic mass is 10.2. The average molecular weight is 445 g/mol. The van der Waals surface area contributed by atoms with Crippen molar-refractivity contribution in [2.75, 3.05) is 5.75 Å². The maximum atomic E-state index is 12.3. The number of thioether (sulfide) groups is 1. The second-order valence-electron chi connectivity index (χ2n) is 6.89. The van der Waals surface area contributed by atoms with E-state index in [1.807, 2.05) is 47.9 Å². The number of aromatic hydroxyl groups is 1. The molecular formula is C23H20N6O2S. The molecule has 0 aliphatic carbocycles. The van der Waals surface area contributed by atoms with E-state index >= 15 is 0 Å². The summed E-state index contributed by atoms with van der Waals surface area (Å²) in [6.45, 7) is 2.02. The number of carbonyl (C=O) groups is 1. The van der Waals surface area contributed by atoms with Gasteiger partial charge in [0, 0.05) is 23.6 Å². The van der Waals surface area contributed by atoms with Gasteiger partial charge < -0.3 is 5.11 Å². The molecule has 160 valence electrons. The van der Waals surface area contributed by atoms with Crippen LogP contribution in [0.4, 0.5) is 0 Å². The lowest BCUT2D eigenvalue weighted by molar-refractivity contribution is -0.118. The summed E-state index contributed by atoms with van der Waals surface area (Å²) in [4.78, 5) is 16.3. The standard InChI is InChI=1S/C23H20N6O2S/c1-16-5-7-19(8-6-16)29-22(18-9-11-24-12-10-18)27-28-23(29)32-15-21(31)26-25-14-17-3-2-4-20(30)13-17/h2-14,30H,15H2,1H3,(H,26,31)/b25-14-. The van der Waals surface area contributed by atoms with Crippen LogP contribution in [-0.4, -0.2) is 42.7 Å². The van der Waals surface area contributed by atoms with Gasteiger partial charge in [0.1, 0.15) is 5.75 Å². The Bertz CT molecular complexity index is 1240. The maximum Gasteiger partial charge on any atom is 0.250 e. The Balaban J connectivity index is 1.50. The Hall–Kier alpha value is -3.98. The zero-order chi connectivity index (χ0) is 22.3. The number of rotatable bonds is 7. The van der Waals surface area contributed by atoms with Gasteiger partial charge in [0.2, 0.25) is 0 Å². The number of hydrogen-bond acceptors (Lipinski definition) is 7. The monoisotopic (exact) mass is 444 g/mol. The van der Waals surface area contributed by atoms with Gasteiger partial charge in [-0.2, -0.15) is 5.10 Å². The summed E-state index contributed by atoms with van der Waals surface area (Å²) in [5.41, 5.74) is 6.09. The molecule has 4 rings (SSSR count). The highest BCUT2D eigenvalue weighted by molar-refractivity contribution is 7.99. The Morgan fingerprint density at radius 1 is 1.12 bits per heavy atom. The lowest BCUT2D eigenvalue weighted by Crippen LogP contribution is -2.20. The van der Waals surface area contributed by atoms with E-state index in [0.717, 1.165) is 16.8 Å². The predicted molar refractivity (Wildman–Crippen MR) is 124 cm³/mol. The molecule has 0 spiro atoms. The lowest BCUT2D eigenvalue weighted by Gasteiger charge is -2.10. The smallest absolute Gasteiger partial charge is 0.250 e. The summed E-state index contributed by atoms with van der Waals surface area (Å²) in [7, 11) is 0. The minimum Gasteiger partial charge on any atom is -0.508 e. The molecule has 0 bridgehead atoms. The fourth-order valence-corrected chi connectivity index (χ4v) is 3.67. The molecule has 0 unspecified atom stereocenters. The first-order valence-corrected chi connectivity index (χ1v) is 10.8. The van der Waals surface area contributed by atoms with Crippen molar-refractivity contribution in [3.63, 3.8) is 0 Å². The quantitative estimate of drug-likeness (QED) is 0.256. The molecule has 0 atom stereocenters. The Kier molecular flexibility index (Phi) is 6.57. The van der Waals surface area contributed by atoms with Crippen LogP contribution in [0.2, 0.25) is 0 Å². The van der Waals surface area contributed by atoms with E-state index in [-0.39, 0.29) is 17.4 Å². The van der Waals surface area contributed by atoms with Crippen molar-refractivity contribution in [2.45, 2.75) is 12.1 Å². The molecule has 0 aliphatic heterocycles. The maximum absolute atomic E-state index is 12.3. The number of aromatic nitrogens is 4. The summed E-state index contributed by atoms with van der Waals surface area (Å²) in [6, 6.07) is 18.3. The minimum atomic E-state index is -0.282. The van der Waals surface area contributed by atoms with Gasteiger partial charge in [0.05, 0.1) is 12.0 Å². The van der Waals surface area contributed by atoms with E-state index in [2.05, 4.69) is 25.7 Å². The summed E-state index contributed by atoms with van der Waals surface area (Å²) in [5.74, 6) is 0.630. The molecule has 1 amide bonds. The van der Waals surface area contributed by atoms with Gasteiger partial charge >= 0.3 is 0 Å². The molecule has 9 heteroatoms. The average Bonchev–Trinajstić information content (AvgIpc) is 3.23. The first-order chi connectivity index (χ1) is 15.6. The van der Waals surface area contributed by atoms with E-state index in [1.165, 1.54) is 18.0 Å². The predicted octanol–water partition coefficient (Wildman–Crippen LogP) is 3.59. The third-order valence-corrected chi connectivity index (χ3v) is 5.40. The number of amides is 1. The van der Waals surface area contributed by atoms with Gasteiger partial charge in [-0.1, -0.05) is 41.6 Å². The molecule has 0 saturated heterocycles. The van der Waals surface area contributed by atoms with Crippen LogP contribution in [0.3, 0.4) is 0 Å². The Morgan fingerprint density at radius 3 is 2.66 bits per heavy atom. The van der Waals surface area contributed by atoms with Crippen molar-refractivity contribution in [3.8, 4) is 22.8 Å². The van der Waals surface area contributed by atoms with Gasteiger partial charge in [-0.3, -0.25) is 14.3 Å². The first-order valence-electron chi connectivity index (χ1n) is 9.77. The zero-order valence-electron chi connectivity index (χ0n) is 17.2.